The minimum atomic E-state index is -0.336. The Morgan fingerprint density at radius 1 is 0.469 bits per heavy atom. The molecule has 1 aliphatic heterocycles. The van der Waals surface area contributed by atoms with Crippen LogP contribution in [0.5, 0.6) is 0 Å². The van der Waals surface area contributed by atoms with Crippen LogP contribution in [0, 0.1) is 6.07 Å². The summed E-state index contributed by atoms with van der Waals surface area (Å²) in [5, 5.41) is 0. The van der Waals surface area contributed by atoms with Crippen molar-refractivity contribution in [3.8, 4) is 11.1 Å². The first-order chi connectivity index (χ1) is 15.9. The summed E-state index contributed by atoms with van der Waals surface area (Å²) in [6.07, 6.45) is 0. The fraction of sp³-hybridized carbons (Fsp3) is 0.0323. The van der Waals surface area contributed by atoms with Gasteiger partial charge in [-0.2, -0.15) is 0 Å². The van der Waals surface area contributed by atoms with Gasteiger partial charge in [0, 0.05) is 5.69 Å². The molecule has 0 bridgehead atoms. The minimum Gasteiger partial charge on any atom is -0.310 e. The largest absolute Gasteiger partial charge is 0.310 e. The van der Waals surface area contributed by atoms with E-state index in [1.54, 1.807) is 0 Å². The van der Waals surface area contributed by atoms with E-state index in [9.17, 15) is 0 Å². The maximum Gasteiger partial charge on any atom is 0.0754 e. The Hall–Kier alpha value is -4.10. The molecule has 0 atom stereocenters. The molecule has 32 heavy (non-hydrogen) atoms. The predicted molar refractivity (Wildman–Crippen MR) is 131 cm³/mol. The molecular weight excluding hydrogens is 386 g/mol. The van der Waals surface area contributed by atoms with E-state index in [-0.39, 0.29) is 5.41 Å². The maximum absolute atomic E-state index is 3.17. The predicted octanol–water partition coefficient (Wildman–Crippen LogP) is 7.63. The zero-order chi connectivity index (χ0) is 21.1. The van der Waals surface area contributed by atoms with Crippen molar-refractivity contribution < 1.29 is 0 Å². The smallest absolute Gasteiger partial charge is 0.0754 e. The van der Waals surface area contributed by atoms with E-state index in [1.165, 1.54) is 44.8 Å². The first-order valence-electron chi connectivity index (χ1n) is 11.1. The van der Waals surface area contributed by atoms with Gasteiger partial charge in [-0.05, 0) is 63.7 Å². The number of hydrogen-bond acceptors (Lipinski definition) is 1. The van der Waals surface area contributed by atoms with Gasteiger partial charge in [0.25, 0.3) is 0 Å². The molecular formula is C31H20N. The molecule has 149 valence electrons. The van der Waals surface area contributed by atoms with Crippen LogP contribution in [-0.4, -0.2) is 0 Å². The van der Waals surface area contributed by atoms with Crippen molar-refractivity contribution in [2.24, 2.45) is 0 Å². The lowest BCUT2D eigenvalue weighted by atomic mass is 9.64. The van der Waals surface area contributed by atoms with E-state index in [0.717, 1.165) is 5.69 Å². The minimum absolute atomic E-state index is 0.336. The zero-order valence-corrected chi connectivity index (χ0v) is 17.5. The van der Waals surface area contributed by atoms with Gasteiger partial charge in [0.1, 0.15) is 0 Å². The van der Waals surface area contributed by atoms with Crippen molar-refractivity contribution in [3.05, 3.63) is 150 Å². The van der Waals surface area contributed by atoms with Crippen LogP contribution in [0.1, 0.15) is 22.3 Å². The Kier molecular flexibility index (Phi) is 3.54. The molecule has 1 heterocycles. The summed E-state index contributed by atoms with van der Waals surface area (Å²) in [6, 6.07) is 47.1. The lowest BCUT2D eigenvalue weighted by Crippen LogP contribution is -2.36. The molecule has 1 aliphatic carbocycles. The van der Waals surface area contributed by atoms with Crippen molar-refractivity contribution in [1.82, 2.24) is 0 Å². The summed E-state index contributed by atoms with van der Waals surface area (Å²) in [5.41, 5.74) is 11.3. The van der Waals surface area contributed by atoms with Crippen molar-refractivity contribution in [2.75, 3.05) is 4.90 Å². The number of benzene rings is 5. The highest BCUT2D eigenvalue weighted by Gasteiger charge is 2.51. The van der Waals surface area contributed by atoms with Gasteiger partial charge in [0.15, 0.2) is 0 Å². The number of anilines is 3. The summed E-state index contributed by atoms with van der Waals surface area (Å²) >= 11 is 0. The fourth-order valence-corrected chi connectivity index (χ4v) is 5.87. The van der Waals surface area contributed by atoms with Crippen LogP contribution in [0.4, 0.5) is 17.1 Å². The lowest BCUT2D eigenvalue weighted by molar-refractivity contribution is 0.752. The number of nitrogens with zero attached hydrogens (tertiary/aromatic N) is 1. The third kappa shape index (κ3) is 2.08. The van der Waals surface area contributed by atoms with Gasteiger partial charge < -0.3 is 4.90 Å². The monoisotopic (exact) mass is 406 g/mol. The van der Waals surface area contributed by atoms with Crippen LogP contribution < -0.4 is 4.90 Å². The fourth-order valence-electron chi connectivity index (χ4n) is 5.87. The maximum atomic E-state index is 3.17. The van der Waals surface area contributed by atoms with Crippen LogP contribution >= 0.6 is 0 Å². The van der Waals surface area contributed by atoms with E-state index in [2.05, 4.69) is 120 Å². The van der Waals surface area contributed by atoms with Gasteiger partial charge >= 0.3 is 0 Å². The Morgan fingerprint density at radius 2 is 0.906 bits per heavy atom. The lowest BCUT2D eigenvalue weighted by Gasteiger charge is -2.45. The number of fused-ring (bicyclic) bond motifs is 9. The summed E-state index contributed by atoms with van der Waals surface area (Å²) in [5.74, 6) is 0. The Labute approximate surface area is 188 Å². The SMILES string of the molecule is [c]1ccc(N2c3ccccc3C3(c4ccccc4-c4ccccc43)c3ccccc32)cc1. The first-order valence-corrected chi connectivity index (χ1v) is 11.1. The van der Waals surface area contributed by atoms with Crippen molar-refractivity contribution >= 4 is 17.1 Å². The van der Waals surface area contributed by atoms with Crippen molar-refractivity contribution in [2.45, 2.75) is 5.41 Å². The third-order valence-corrected chi connectivity index (χ3v) is 7.01. The molecule has 0 fully saturated rings. The summed E-state index contributed by atoms with van der Waals surface area (Å²) in [7, 11) is 0. The molecule has 7 rings (SSSR count). The molecule has 0 N–H and O–H groups in total. The average Bonchev–Trinajstić information content (AvgIpc) is 3.16. The molecule has 0 aromatic heterocycles. The van der Waals surface area contributed by atoms with Gasteiger partial charge in [-0.3, -0.25) is 0 Å². The van der Waals surface area contributed by atoms with Crippen LogP contribution in [0.25, 0.3) is 11.1 Å². The molecule has 5 aromatic rings. The highest BCUT2D eigenvalue weighted by Crippen LogP contribution is 2.63. The van der Waals surface area contributed by atoms with Crippen LogP contribution in [0.2, 0.25) is 0 Å². The summed E-state index contributed by atoms with van der Waals surface area (Å²) < 4.78 is 0. The first kappa shape index (κ1) is 17.6. The summed E-state index contributed by atoms with van der Waals surface area (Å²) in [6.45, 7) is 0. The normalized spacial score (nSPS) is 14.4. The molecule has 0 saturated heterocycles. The topological polar surface area (TPSA) is 3.24 Å². The van der Waals surface area contributed by atoms with Gasteiger partial charge in [-0.15, -0.1) is 0 Å². The molecule has 5 aromatic carbocycles. The van der Waals surface area contributed by atoms with Gasteiger partial charge in [-0.1, -0.05) is 97.1 Å². The summed E-state index contributed by atoms with van der Waals surface area (Å²) in [4.78, 5) is 2.40. The van der Waals surface area contributed by atoms with Crippen molar-refractivity contribution in [1.29, 1.82) is 0 Å². The molecule has 0 saturated carbocycles. The molecule has 1 spiro atoms. The van der Waals surface area contributed by atoms with Crippen LogP contribution in [-0.2, 0) is 5.41 Å². The molecule has 0 amide bonds. The van der Waals surface area contributed by atoms with E-state index in [4.69, 9.17) is 0 Å². The third-order valence-electron chi connectivity index (χ3n) is 7.01. The van der Waals surface area contributed by atoms with Crippen molar-refractivity contribution in [3.63, 3.8) is 0 Å². The Balaban J connectivity index is 1.67. The quantitative estimate of drug-likeness (QED) is 0.271. The number of para-hydroxylation sites is 2. The van der Waals surface area contributed by atoms with E-state index >= 15 is 0 Å². The molecule has 1 heteroatoms. The Morgan fingerprint density at radius 3 is 1.44 bits per heavy atom. The Bertz CT molecular complexity index is 1390. The second kappa shape index (κ2) is 6.45. The van der Waals surface area contributed by atoms with Crippen LogP contribution in [0.3, 0.4) is 0 Å². The van der Waals surface area contributed by atoms with Gasteiger partial charge in [0.2, 0.25) is 0 Å². The molecule has 1 radical (unpaired) electrons. The number of rotatable bonds is 1. The number of hydrogen-bond donors (Lipinski definition) is 0. The second-order valence-corrected chi connectivity index (χ2v) is 8.47. The van der Waals surface area contributed by atoms with E-state index in [0.29, 0.717) is 0 Å². The van der Waals surface area contributed by atoms with Gasteiger partial charge in [-0.25, -0.2) is 0 Å². The molecule has 1 nitrogen and oxygen atoms in total. The van der Waals surface area contributed by atoms with Crippen LogP contribution in [0.15, 0.2) is 121 Å². The van der Waals surface area contributed by atoms with E-state index in [1.807, 2.05) is 12.1 Å². The standard InChI is InChI=1S/C31H20N/c1-2-12-22(13-3-1)32-29-20-10-8-18-27(29)31(28-19-9-11-21-30(28)32)25-16-6-4-14-23(25)24-15-5-7-17-26(24)31/h2-21H. The molecule has 0 unspecified atom stereocenters. The molecule has 2 aliphatic rings. The average molecular weight is 407 g/mol. The highest BCUT2D eigenvalue weighted by molar-refractivity contribution is 5.95. The highest BCUT2D eigenvalue weighted by atomic mass is 15.2. The van der Waals surface area contributed by atoms with E-state index < -0.39 is 0 Å². The zero-order valence-electron chi connectivity index (χ0n) is 17.5. The van der Waals surface area contributed by atoms with Gasteiger partial charge in [0.05, 0.1) is 16.8 Å². The second-order valence-electron chi connectivity index (χ2n) is 8.47.